The molecule has 0 aliphatic carbocycles. The van der Waals surface area contributed by atoms with Crippen LogP contribution in [0.4, 0.5) is 0 Å². The Labute approximate surface area is 51.4 Å². The molecule has 0 aromatic carbocycles. The van der Waals surface area contributed by atoms with Gasteiger partial charge in [-0.05, 0) is 18.4 Å². The molecule has 0 spiro atoms. The first kappa shape index (κ1) is 7.54. The van der Waals surface area contributed by atoms with Crippen LogP contribution in [0.2, 0.25) is 0 Å². The molecule has 1 nitrogen and oxygen atoms in total. The van der Waals surface area contributed by atoms with Gasteiger partial charge in [0.25, 0.3) is 0 Å². The quantitative estimate of drug-likeness (QED) is 0.511. The highest BCUT2D eigenvalue weighted by Gasteiger charge is 1.87. The Kier molecular flexibility index (Phi) is 4.42. The van der Waals surface area contributed by atoms with E-state index in [1.54, 1.807) is 13.4 Å². The van der Waals surface area contributed by atoms with Gasteiger partial charge in [0.1, 0.15) is 0 Å². The summed E-state index contributed by atoms with van der Waals surface area (Å²) in [5, 5.41) is 0. The Morgan fingerprint density at radius 3 is 2.62 bits per heavy atom. The van der Waals surface area contributed by atoms with Gasteiger partial charge < -0.3 is 4.74 Å². The summed E-state index contributed by atoms with van der Waals surface area (Å²) in [5.41, 5.74) is 0. The molecule has 1 unspecified atom stereocenters. The van der Waals surface area contributed by atoms with Gasteiger partial charge in [-0.1, -0.05) is 13.8 Å². The summed E-state index contributed by atoms with van der Waals surface area (Å²) < 4.78 is 4.73. The molecule has 0 bridgehead atoms. The molecule has 0 rings (SSSR count). The second-order valence-electron chi connectivity index (χ2n) is 1.95. The minimum absolute atomic E-state index is 0.648. The van der Waals surface area contributed by atoms with Crippen LogP contribution in [0.25, 0.3) is 0 Å². The van der Waals surface area contributed by atoms with Crippen molar-refractivity contribution in [2.45, 2.75) is 20.3 Å². The first-order chi connectivity index (χ1) is 3.81. The van der Waals surface area contributed by atoms with Crippen molar-refractivity contribution < 1.29 is 4.74 Å². The number of ether oxygens (including phenoxy) is 1. The van der Waals surface area contributed by atoms with E-state index in [2.05, 4.69) is 19.9 Å². The molecule has 0 aromatic rings. The maximum absolute atomic E-state index is 4.73. The first-order valence-corrected chi connectivity index (χ1v) is 3.00. The average Bonchev–Trinajstić information content (AvgIpc) is 1.83. The van der Waals surface area contributed by atoms with E-state index in [9.17, 15) is 0 Å². The lowest BCUT2D eigenvalue weighted by Gasteiger charge is -1.97. The van der Waals surface area contributed by atoms with Gasteiger partial charge in [0, 0.05) is 0 Å². The maximum Gasteiger partial charge on any atom is 0.0787 e. The third kappa shape index (κ3) is 3.72. The zero-order valence-corrected chi connectivity index (χ0v) is 5.85. The smallest absolute Gasteiger partial charge is 0.0787 e. The molecule has 0 fully saturated rings. The second kappa shape index (κ2) is 4.69. The fourth-order valence-electron chi connectivity index (χ4n) is 0.349. The Bertz CT molecular complexity index is 66.8. The normalized spacial score (nSPS) is 14.4. The summed E-state index contributed by atoms with van der Waals surface area (Å²) in [4.78, 5) is 0. The fraction of sp³-hybridized carbons (Fsp3) is 0.714. The van der Waals surface area contributed by atoms with Gasteiger partial charge in [-0.3, -0.25) is 0 Å². The SMILES string of the molecule is CCC(C)C=COC. The van der Waals surface area contributed by atoms with Crippen LogP contribution in [-0.2, 0) is 4.74 Å². The zero-order valence-electron chi connectivity index (χ0n) is 5.85. The van der Waals surface area contributed by atoms with Gasteiger partial charge >= 0.3 is 0 Å². The van der Waals surface area contributed by atoms with E-state index in [4.69, 9.17) is 4.74 Å². The molecule has 0 radical (unpaired) electrons. The van der Waals surface area contributed by atoms with Crippen LogP contribution in [-0.4, -0.2) is 7.11 Å². The number of rotatable bonds is 3. The first-order valence-electron chi connectivity index (χ1n) is 3.00. The lowest BCUT2D eigenvalue weighted by atomic mass is 10.1. The van der Waals surface area contributed by atoms with Crippen molar-refractivity contribution in [2.75, 3.05) is 7.11 Å². The third-order valence-electron chi connectivity index (χ3n) is 1.19. The van der Waals surface area contributed by atoms with Crippen molar-refractivity contribution in [3.05, 3.63) is 12.3 Å². The van der Waals surface area contributed by atoms with Gasteiger partial charge in [0.15, 0.2) is 0 Å². The monoisotopic (exact) mass is 114 g/mol. The van der Waals surface area contributed by atoms with Gasteiger partial charge in [-0.15, -0.1) is 0 Å². The van der Waals surface area contributed by atoms with Crippen LogP contribution in [0, 0.1) is 5.92 Å². The Morgan fingerprint density at radius 1 is 1.62 bits per heavy atom. The topological polar surface area (TPSA) is 9.23 Å². The Morgan fingerprint density at radius 2 is 2.25 bits per heavy atom. The molecule has 0 saturated carbocycles. The molecule has 0 aliphatic heterocycles. The molecular formula is C7H14O. The van der Waals surface area contributed by atoms with E-state index in [1.807, 2.05) is 0 Å². The summed E-state index contributed by atoms with van der Waals surface area (Å²) in [7, 11) is 1.67. The minimum atomic E-state index is 0.648. The van der Waals surface area contributed by atoms with Gasteiger partial charge in [-0.25, -0.2) is 0 Å². The van der Waals surface area contributed by atoms with Gasteiger partial charge in [0.2, 0.25) is 0 Å². The number of allylic oxidation sites excluding steroid dienone is 1. The largest absolute Gasteiger partial charge is 0.505 e. The number of hydrogen-bond donors (Lipinski definition) is 0. The molecule has 1 heteroatoms. The fourth-order valence-corrected chi connectivity index (χ4v) is 0.349. The van der Waals surface area contributed by atoms with E-state index >= 15 is 0 Å². The standard InChI is InChI=1S/C7H14O/c1-4-7(2)5-6-8-3/h5-7H,4H2,1-3H3. The van der Waals surface area contributed by atoms with Crippen LogP contribution >= 0.6 is 0 Å². The maximum atomic E-state index is 4.73. The molecule has 8 heavy (non-hydrogen) atoms. The van der Waals surface area contributed by atoms with Gasteiger partial charge in [-0.2, -0.15) is 0 Å². The molecule has 0 heterocycles. The molecule has 1 atom stereocenters. The third-order valence-corrected chi connectivity index (χ3v) is 1.19. The minimum Gasteiger partial charge on any atom is -0.505 e. The Balaban J connectivity index is 3.21. The lowest BCUT2D eigenvalue weighted by molar-refractivity contribution is 0.334. The summed E-state index contributed by atoms with van der Waals surface area (Å²) in [6.45, 7) is 4.32. The van der Waals surface area contributed by atoms with Crippen LogP contribution < -0.4 is 0 Å². The van der Waals surface area contributed by atoms with Crippen LogP contribution in [0.15, 0.2) is 12.3 Å². The summed E-state index contributed by atoms with van der Waals surface area (Å²) in [6, 6.07) is 0. The highest BCUT2D eigenvalue weighted by atomic mass is 16.5. The van der Waals surface area contributed by atoms with Crippen molar-refractivity contribution >= 4 is 0 Å². The highest BCUT2D eigenvalue weighted by Crippen LogP contribution is 2.00. The zero-order chi connectivity index (χ0) is 6.41. The van der Waals surface area contributed by atoms with Crippen molar-refractivity contribution in [3.8, 4) is 0 Å². The van der Waals surface area contributed by atoms with Crippen molar-refractivity contribution in [1.82, 2.24) is 0 Å². The predicted octanol–water partition coefficient (Wildman–Crippen LogP) is 2.19. The molecule has 0 aromatic heterocycles. The molecule has 0 N–H and O–H groups in total. The summed E-state index contributed by atoms with van der Waals surface area (Å²) >= 11 is 0. The van der Waals surface area contributed by atoms with E-state index in [0.29, 0.717) is 5.92 Å². The molecule has 48 valence electrons. The highest BCUT2D eigenvalue weighted by molar-refractivity contribution is 4.78. The number of hydrogen-bond acceptors (Lipinski definition) is 1. The lowest BCUT2D eigenvalue weighted by Crippen LogP contribution is -1.83. The molecule has 0 amide bonds. The predicted molar refractivity (Wildman–Crippen MR) is 35.6 cm³/mol. The van der Waals surface area contributed by atoms with Gasteiger partial charge in [0.05, 0.1) is 13.4 Å². The summed E-state index contributed by atoms with van der Waals surface area (Å²) in [5.74, 6) is 0.648. The number of methoxy groups -OCH3 is 1. The average molecular weight is 114 g/mol. The van der Waals surface area contributed by atoms with Crippen LogP contribution in [0.1, 0.15) is 20.3 Å². The van der Waals surface area contributed by atoms with Crippen molar-refractivity contribution in [2.24, 2.45) is 5.92 Å². The molecule has 0 saturated heterocycles. The van der Waals surface area contributed by atoms with Crippen LogP contribution in [0.5, 0.6) is 0 Å². The van der Waals surface area contributed by atoms with E-state index in [0.717, 1.165) is 0 Å². The summed E-state index contributed by atoms with van der Waals surface area (Å²) in [6.07, 6.45) is 4.97. The molecular weight excluding hydrogens is 100 g/mol. The van der Waals surface area contributed by atoms with Crippen LogP contribution in [0.3, 0.4) is 0 Å². The van der Waals surface area contributed by atoms with E-state index in [-0.39, 0.29) is 0 Å². The van der Waals surface area contributed by atoms with E-state index < -0.39 is 0 Å². The van der Waals surface area contributed by atoms with Crippen molar-refractivity contribution in [3.63, 3.8) is 0 Å². The van der Waals surface area contributed by atoms with Crippen molar-refractivity contribution in [1.29, 1.82) is 0 Å². The second-order valence-corrected chi connectivity index (χ2v) is 1.95. The Hall–Kier alpha value is -0.460. The van der Waals surface area contributed by atoms with E-state index in [1.165, 1.54) is 6.42 Å². The molecule has 0 aliphatic rings.